The number of pyridine rings is 1. The van der Waals surface area contributed by atoms with E-state index >= 15 is 0 Å². The summed E-state index contributed by atoms with van der Waals surface area (Å²) < 4.78 is 6.56. The fraction of sp³-hybridized carbons (Fsp3) is 0.0488. The Kier molecular flexibility index (Phi) is 5.36. The summed E-state index contributed by atoms with van der Waals surface area (Å²) >= 11 is 0. The fourth-order valence-electron chi connectivity index (χ4n) is 7.20. The minimum absolute atomic E-state index is 0.0271. The summed E-state index contributed by atoms with van der Waals surface area (Å²) in [5.41, 5.74) is 8.27. The van der Waals surface area contributed by atoms with Crippen LogP contribution in [0.2, 0.25) is 0 Å². The molecule has 0 fully saturated rings. The van der Waals surface area contributed by atoms with Gasteiger partial charge in [0, 0.05) is 22.7 Å². The first kappa shape index (κ1) is 24.2. The largest absolute Gasteiger partial charge is 0.484 e. The Bertz CT molecular complexity index is 2200. The van der Waals surface area contributed by atoms with Crippen LogP contribution in [-0.4, -0.2) is 11.1 Å². The predicted molar refractivity (Wildman–Crippen MR) is 178 cm³/mol. The Balaban J connectivity index is 1.18. The number of benzene rings is 6. The van der Waals surface area contributed by atoms with E-state index < -0.39 is 0 Å². The third-order valence-corrected chi connectivity index (χ3v) is 9.08. The zero-order chi connectivity index (χ0) is 28.3. The van der Waals surface area contributed by atoms with Gasteiger partial charge in [0.05, 0.1) is 11.6 Å². The number of nitrogens with zero attached hydrogens (tertiary/aromatic N) is 1. The molecule has 0 saturated heterocycles. The van der Waals surface area contributed by atoms with Gasteiger partial charge in [0.25, 0.3) is 0 Å². The lowest BCUT2D eigenvalue weighted by atomic mass is 9.82. The Labute approximate surface area is 250 Å². The zero-order valence-electron chi connectivity index (χ0n) is 23.4. The van der Waals surface area contributed by atoms with Gasteiger partial charge in [0.1, 0.15) is 11.9 Å². The lowest BCUT2D eigenvalue weighted by Gasteiger charge is -2.22. The molecule has 1 aromatic heterocycles. The average Bonchev–Trinajstić information content (AvgIpc) is 3.47. The number of rotatable bonds is 3. The van der Waals surface area contributed by atoms with Crippen molar-refractivity contribution in [3.63, 3.8) is 0 Å². The van der Waals surface area contributed by atoms with Crippen molar-refractivity contribution in [1.82, 2.24) is 4.98 Å². The monoisotopic (exact) mass is 549 g/mol. The van der Waals surface area contributed by atoms with Crippen molar-refractivity contribution in [1.29, 1.82) is 0 Å². The van der Waals surface area contributed by atoms with Crippen molar-refractivity contribution < 1.29 is 4.74 Å². The molecule has 9 rings (SSSR count). The molecule has 0 spiro atoms. The first-order chi connectivity index (χ1) is 21.3. The van der Waals surface area contributed by atoms with Crippen LogP contribution in [0, 0.1) is 0 Å². The quantitative estimate of drug-likeness (QED) is 0.205. The second kappa shape index (κ2) is 9.54. The molecule has 43 heavy (non-hydrogen) atoms. The van der Waals surface area contributed by atoms with Crippen LogP contribution in [0.3, 0.4) is 0 Å². The predicted octanol–water partition coefficient (Wildman–Crippen LogP) is 10.4. The van der Waals surface area contributed by atoms with E-state index in [4.69, 9.17) is 9.72 Å². The van der Waals surface area contributed by atoms with Gasteiger partial charge in [-0.15, -0.1) is 0 Å². The normalized spacial score (nSPS) is 17.1. The van der Waals surface area contributed by atoms with Gasteiger partial charge in [-0.05, 0) is 61.3 Å². The molecule has 2 aliphatic rings. The van der Waals surface area contributed by atoms with E-state index in [0.29, 0.717) is 0 Å². The number of allylic oxidation sites excluding steroid dienone is 2. The minimum atomic E-state index is -0.0271. The van der Waals surface area contributed by atoms with Crippen LogP contribution in [-0.2, 0) is 0 Å². The van der Waals surface area contributed by atoms with Crippen molar-refractivity contribution in [3.8, 4) is 28.0 Å². The molecule has 6 aromatic carbocycles. The lowest BCUT2D eigenvalue weighted by Crippen LogP contribution is -2.19. The maximum Gasteiger partial charge on any atom is 0.132 e. The summed E-state index contributed by atoms with van der Waals surface area (Å²) in [5, 5.41) is 7.35. The second-order valence-corrected chi connectivity index (χ2v) is 11.4. The molecular formula is C41H27NO. The molecule has 2 atom stereocenters. The molecule has 202 valence electrons. The zero-order valence-corrected chi connectivity index (χ0v) is 23.4. The number of aromatic nitrogens is 1. The van der Waals surface area contributed by atoms with Gasteiger partial charge in [-0.1, -0.05) is 133 Å². The highest BCUT2D eigenvalue weighted by Gasteiger charge is 2.38. The fourth-order valence-corrected chi connectivity index (χ4v) is 7.20. The molecule has 0 N–H and O–H groups in total. The number of ether oxygens (including phenoxy) is 1. The number of hydrogen-bond donors (Lipinski definition) is 0. The Morgan fingerprint density at radius 3 is 1.84 bits per heavy atom. The van der Waals surface area contributed by atoms with E-state index in [0.717, 1.165) is 17.0 Å². The summed E-state index contributed by atoms with van der Waals surface area (Å²) in [6, 6.07) is 45.6. The SMILES string of the molecule is C1=CC2Oc3c(ccc4ccccc34)C2C(c2ccc(-c3c4ccccc4c(-c4ccccc4)c4ccccc34)cn2)=C1. The van der Waals surface area contributed by atoms with Crippen LogP contribution in [0.15, 0.2) is 152 Å². The van der Waals surface area contributed by atoms with E-state index in [1.807, 2.05) is 0 Å². The van der Waals surface area contributed by atoms with Gasteiger partial charge >= 0.3 is 0 Å². The van der Waals surface area contributed by atoms with E-state index in [-0.39, 0.29) is 12.0 Å². The van der Waals surface area contributed by atoms with Crippen LogP contribution in [0.25, 0.3) is 60.1 Å². The van der Waals surface area contributed by atoms with E-state index in [1.54, 1.807) is 0 Å². The van der Waals surface area contributed by atoms with Gasteiger partial charge in [-0.3, -0.25) is 4.98 Å². The lowest BCUT2D eigenvalue weighted by molar-refractivity contribution is 0.274. The first-order valence-electron chi connectivity index (χ1n) is 14.9. The molecule has 0 saturated carbocycles. The van der Waals surface area contributed by atoms with Gasteiger partial charge < -0.3 is 4.74 Å². The summed E-state index contributed by atoms with van der Waals surface area (Å²) in [6.45, 7) is 0. The minimum Gasteiger partial charge on any atom is -0.484 e. The molecule has 2 heteroatoms. The third-order valence-electron chi connectivity index (χ3n) is 9.08. The highest BCUT2D eigenvalue weighted by molar-refractivity contribution is 6.21. The van der Waals surface area contributed by atoms with Crippen LogP contribution in [0.1, 0.15) is 17.2 Å². The Morgan fingerprint density at radius 2 is 1.16 bits per heavy atom. The van der Waals surface area contributed by atoms with Crippen molar-refractivity contribution in [2.75, 3.05) is 0 Å². The Hall–Kier alpha value is -5.47. The van der Waals surface area contributed by atoms with Gasteiger partial charge in [-0.2, -0.15) is 0 Å². The molecule has 1 aliphatic carbocycles. The standard InChI is InChI=1S/C41H27NO/c1-2-12-27(13-3-1)38-30-15-6-8-17-32(30)39(33-18-9-7-16-31(33)38)28-22-24-36(42-25-28)34-19-10-20-37-40(34)35-23-21-26-11-4-5-14-29(26)41(35)43-37/h1-25,37,40H. The number of fused-ring (bicyclic) bond motifs is 7. The van der Waals surface area contributed by atoms with Crippen LogP contribution in [0.5, 0.6) is 5.75 Å². The molecule has 2 unspecified atom stereocenters. The second-order valence-electron chi connectivity index (χ2n) is 11.4. The Morgan fingerprint density at radius 1 is 0.535 bits per heavy atom. The molecule has 7 aromatic rings. The molecule has 2 heterocycles. The highest BCUT2D eigenvalue weighted by Crippen LogP contribution is 2.50. The molecular weight excluding hydrogens is 522 g/mol. The third kappa shape index (κ3) is 3.70. The van der Waals surface area contributed by atoms with Gasteiger partial charge in [0.15, 0.2) is 0 Å². The molecule has 0 bridgehead atoms. The summed E-state index contributed by atoms with van der Waals surface area (Å²) in [5.74, 6) is 1.12. The van der Waals surface area contributed by atoms with Crippen molar-refractivity contribution in [2.24, 2.45) is 0 Å². The first-order valence-corrected chi connectivity index (χ1v) is 14.9. The van der Waals surface area contributed by atoms with E-state index in [2.05, 4.69) is 152 Å². The van der Waals surface area contributed by atoms with Crippen LogP contribution >= 0.6 is 0 Å². The topological polar surface area (TPSA) is 22.1 Å². The molecule has 2 nitrogen and oxygen atoms in total. The van der Waals surface area contributed by atoms with Crippen molar-refractivity contribution >= 4 is 37.9 Å². The summed E-state index contributed by atoms with van der Waals surface area (Å²) in [7, 11) is 0. The van der Waals surface area contributed by atoms with Crippen LogP contribution < -0.4 is 4.74 Å². The maximum atomic E-state index is 6.56. The smallest absolute Gasteiger partial charge is 0.132 e. The molecule has 1 aliphatic heterocycles. The number of hydrogen-bond acceptors (Lipinski definition) is 2. The maximum absolute atomic E-state index is 6.56. The highest BCUT2D eigenvalue weighted by atomic mass is 16.5. The van der Waals surface area contributed by atoms with E-state index in [9.17, 15) is 0 Å². The summed E-state index contributed by atoms with van der Waals surface area (Å²) in [6.07, 6.45) is 8.52. The van der Waals surface area contributed by atoms with Gasteiger partial charge in [0.2, 0.25) is 0 Å². The van der Waals surface area contributed by atoms with Crippen molar-refractivity contribution in [3.05, 3.63) is 163 Å². The summed E-state index contributed by atoms with van der Waals surface area (Å²) in [4.78, 5) is 5.11. The van der Waals surface area contributed by atoms with Crippen LogP contribution in [0.4, 0.5) is 0 Å². The van der Waals surface area contributed by atoms with Gasteiger partial charge in [-0.25, -0.2) is 0 Å². The van der Waals surface area contributed by atoms with E-state index in [1.165, 1.54) is 60.1 Å². The molecule has 0 radical (unpaired) electrons. The van der Waals surface area contributed by atoms with Crippen molar-refractivity contribution in [2.45, 2.75) is 12.0 Å². The molecule has 0 amide bonds. The average molecular weight is 550 g/mol.